The molecule has 3 fully saturated rings. The van der Waals surface area contributed by atoms with Gasteiger partial charge in [-0.1, -0.05) is 11.6 Å². The van der Waals surface area contributed by atoms with Crippen LogP contribution in [-0.2, 0) is 0 Å². The Hall–Kier alpha value is -4.29. The second-order valence-electron chi connectivity index (χ2n) is 9.83. The van der Waals surface area contributed by atoms with Gasteiger partial charge in [0, 0.05) is 25.2 Å². The molecule has 0 spiro atoms. The highest BCUT2D eigenvalue weighted by atomic mass is 35.5. The Kier molecular flexibility index (Phi) is 5.61. The number of anilines is 4. The van der Waals surface area contributed by atoms with Gasteiger partial charge < -0.3 is 26.0 Å². The van der Waals surface area contributed by atoms with Crippen LogP contribution in [0.3, 0.4) is 0 Å². The fourth-order valence-electron chi connectivity index (χ4n) is 5.43. The summed E-state index contributed by atoms with van der Waals surface area (Å²) >= 11 is 6.87. The largest absolute Gasteiger partial charge is 0.465 e. The van der Waals surface area contributed by atoms with E-state index in [4.69, 9.17) is 16.7 Å². The van der Waals surface area contributed by atoms with Gasteiger partial charge in [0.05, 0.1) is 34.2 Å². The van der Waals surface area contributed by atoms with E-state index in [9.17, 15) is 15.3 Å². The first-order chi connectivity index (χ1) is 17.9. The number of nitriles is 2. The van der Waals surface area contributed by atoms with Gasteiger partial charge in [-0.3, -0.25) is 0 Å². The minimum atomic E-state index is -0.990. The molecule has 3 aromatic rings. The third kappa shape index (κ3) is 4.41. The summed E-state index contributed by atoms with van der Waals surface area (Å²) in [6, 6.07) is 7.99. The number of fused-ring (bicyclic) bond motifs is 2. The lowest BCUT2D eigenvalue weighted by atomic mass is 10.0. The molecule has 0 bridgehead atoms. The number of aromatic nitrogens is 4. The van der Waals surface area contributed by atoms with Crippen LogP contribution in [0.25, 0.3) is 5.65 Å². The van der Waals surface area contributed by atoms with Gasteiger partial charge in [0.15, 0.2) is 17.2 Å². The van der Waals surface area contributed by atoms with Crippen LogP contribution in [0, 0.1) is 34.5 Å². The Morgan fingerprint density at radius 2 is 1.89 bits per heavy atom. The lowest BCUT2D eigenvalue weighted by Crippen LogP contribution is -2.33. The van der Waals surface area contributed by atoms with Gasteiger partial charge in [0.2, 0.25) is 5.95 Å². The number of imidazole rings is 1. The van der Waals surface area contributed by atoms with Crippen molar-refractivity contribution in [3.05, 3.63) is 34.6 Å². The number of benzene rings is 1. The van der Waals surface area contributed by atoms with Crippen LogP contribution in [0.15, 0.2) is 18.3 Å². The predicted molar refractivity (Wildman–Crippen MR) is 135 cm³/mol. The van der Waals surface area contributed by atoms with E-state index in [1.165, 1.54) is 10.7 Å². The lowest BCUT2D eigenvalue weighted by Gasteiger charge is -2.24. The van der Waals surface area contributed by atoms with Crippen LogP contribution in [-0.4, -0.2) is 56.0 Å². The smallest absolute Gasteiger partial charge is 0.404 e. The highest BCUT2D eigenvalue weighted by molar-refractivity contribution is 6.36. The lowest BCUT2D eigenvalue weighted by molar-refractivity contribution is 0.189. The van der Waals surface area contributed by atoms with Crippen molar-refractivity contribution in [1.29, 1.82) is 10.5 Å². The first-order valence-corrected chi connectivity index (χ1v) is 12.5. The number of carbonyl (C=O) groups is 1. The van der Waals surface area contributed by atoms with Crippen LogP contribution in [0.4, 0.5) is 27.9 Å². The van der Waals surface area contributed by atoms with Crippen LogP contribution in [0.5, 0.6) is 0 Å². The van der Waals surface area contributed by atoms with Gasteiger partial charge in [-0.25, -0.2) is 9.78 Å². The van der Waals surface area contributed by atoms with E-state index in [-0.39, 0.29) is 17.7 Å². The predicted octanol–water partition coefficient (Wildman–Crippen LogP) is 3.32. The van der Waals surface area contributed by atoms with Gasteiger partial charge >= 0.3 is 6.09 Å². The van der Waals surface area contributed by atoms with Crippen molar-refractivity contribution in [1.82, 2.24) is 24.9 Å². The topological polar surface area (TPSA) is 167 Å². The molecule has 2 aromatic heterocycles. The summed E-state index contributed by atoms with van der Waals surface area (Å²) < 4.78 is 1.44. The van der Waals surface area contributed by atoms with Gasteiger partial charge in [-0.2, -0.15) is 20.0 Å². The summed E-state index contributed by atoms with van der Waals surface area (Å²) in [7, 11) is 0. The number of rotatable bonds is 6. The van der Waals surface area contributed by atoms with Gasteiger partial charge in [-0.15, -0.1) is 5.10 Å². The fourth-order valence-corrected chi connectivity index (χ4v) is 5.71. The Morgan fingerprint density at radius 3 is 2.54 bits per heavy atom. The summed E-state index contributed by atoms with van der Waals surface area (Å²) in [5.41, 5.74) is 2.39. The maximum absolute atomic E-state index is 11.0. The molecule has 0 unspecified atom stereocenters. The zero-order valence-electron chi connectivity index (χ0n) is 19.6. The minimum Gasteiger partial charge on any atom is -0.465 e. The van der Waals surface area contributed by atoms with E-state index < -0.39 is 6.09 Å². The fraction of sp³-hybridized carbons (Fsp3) is 0.417. The molecule has 1 amide bonds. The monoisotopic (exact) mass is 518 g/mol. The number of nitrogens with one attached hydrogen (secondary N) is 3. The quantitative estimate of drug-likeness (QED) is 0.380. The van der Waals surface area contributed by atoms with Crippen molar-refractivity contribution in [2.75, 3.05) is 28.6 Å². The Labute approximate surface area is 216 Å². The van der Waals surface area contributed by atoms with E-state index in [1.54, 1.807) is 12.1 Å². The standard InChI is InChI=1S/C24H23ClN10O2/c25-20-18(31-23-32-21(29-15-1-2-15)22-28-9-17(8-27)35(22)33-23)3-12(7-26)4-19(20)34-10-13-5-16(30-24(36)37)6-14(13)11-34/h3-4,9,13-16,30H,1-2,5-6,10-11H2,(H,36,37)(H2,29,31,32,33)/t13-,14+,16-. The third-order valence-electron chi connectivity index (χ3n) is 7.24. The Balaban J connectivity index is 1.30. The number of halogens is 1. The number of hydrogen-bond acceptors (Lipinski definition) is 9. The normalized spacial score (nSPS) is 22.4. The van der Waals surface area contributed by atoms with Crippen molar-refractivity contribution >= 4 is 46.5 Å². The van der Waals surface area contributed by atoms with E-state index in [2.05, 4.69) is 48.1 Å². The second kappa shape index (κ2) is 8.98. The van der Waals surface area contributed by atoms with Crippen molar-refractivity contribution < 1.29 is 9.90 Å². The molecule has 13 heteroatoms. The molecule has 1 aromatic carbocycles. The highest BCUT2D eigenvalue weighted by Crippen LogP contribution is 2.44. The first-order valence-electron chi connectivity index (χ1n) is 12.1. The summed E-state index contributed by atoms with van der Waals surface area (Å²) in [5, 5.41) is 42.2. The number of hydrogen-bond donors (Lipinski definition) is 4. The molecule has 3 aliphatic rings. The van der Waals surface area contributed by atoms with E-state index in [0.29, 0.717) is 45.6 Å². The zero-order valence-corrected chi connectivity index (χ0v) is 20.4. The molecule has 2 saturated carbocycles. The minimum absolute atomic E-state index is 0.0280. The summed E-state index contributed by atoms with van der Waals surface area (Å²) in [4.78, 5) is 22.1. The van der Waals surface area contributed by atoms with Gasteiger partial charge in [-0.05, 0) is 49.7 Å². The van der Waals surface area contributed by atoms with Crippen LogP contribution in [0.1, 0.15) is 36.9 Å². The molecular formula is C24H23ClN10O2. The molecule has 4 N–H and O–H groups in total. The molecular weight excluding hydrogens is 496 g/mol. The Morgan fingerprint density at radius 1 is 1.14 bits per heavy atom. The Bertz CT molecular complexity index is 1470. The molecule has 1 aliphatic heterocycles. The van der Waals surface area contributed by atoms with Crippen molar-refractivity contribution in [2.24, 2.45) is 11.8 Å². The van der Waals surface area contributed by atoms with Crippen molar-refractivity contribution in [2.45, 2.75) is 37.8 Å². The molecule has 188 valence electrons. The molecule has 37 heavy (non-hydrogen) atoms. The van der Waals surface area contributed by atoms with Crippen LogP contribution >= 0.6 is 11.6 Å². The van der Waals surface area contributed by atoms with Crippen molar-refractivity contribution in [3.63, 3.8) is 0 Å². The zero-order chi connectivity index (χ0) is 25.7. The number of amides is 1. The second-order valence-corrected chi connectivity index (χ2v) is 10.2. The number of nitrogens with zero attached hydrogens (tertiary/aromatic N) is 7. The number of carboxylic acid groups (broad SMARTS) is 1. The molecule has 1 saturated heterocycles. The maximum atomic E-state index is 11.0. The average Bonchev–Trinajstić information content (AvgIpc) is 3.27. The SMILES string of the molecule is N#Cc1cc(Nc2nc(NC3CC3)c3ncc(C#N)n3n2)c(Cl)c(N2C[C@H]3C[C@@H](NC(=O)O)C[C@H]3C2)c1. The van der Waals surface area contributed by atoms with Crippen LogP contribution < -0.4 is 20.9 Å². The molecule has 3 atom stereocenters. The highest BCUT2D eigenvalue weighted by Gasteiger charge is 2.42. The molecule has 0 radical (unpaired) electrons. The summed E-state index contributed by atoms with van der Waals surface area (Å²) in [5.74, 6) is 1.44. The van der Waals surface area contributed by atoms with E-state index >= 15 is 0 Å². The maximum Gasteiger partial charge on any atom is 0.404 e. The van der Waals surface area contributed by atoms with Crippen LogP contribution in [0.2, 0.25) is 5.02 Å². The molecule has 3 heterocycles. The molecule has 6 rings (SSSR count). The molecule has 12 nitrogen and oxygen atoms in total. The van der Waals surface area contributed by atoms with Gasteiger partial charge in [0.25, 0.3) is 0 Å². The first kappa shape index (κ1) is 23.1. The van der Waals surface area contributed by atoms with Crippen molar-refractivity contribution in [3.8, 4) is 12.1 Å². The average molecular weight is 519 g/mol. The third-order valence-corrected chi connectivity index (χ3v) is 7.64. The van der Waals surface area contributed by atoms with E-state index in [1.807, 2.05) is 0 Å². The molecule has 2 aliphatic carbocycles. The summed E-state index contributed by atoms with van der Waals surface area (Å²) in [6.07, 6.45) is 4.10. The van der Waals surface area contributed by atoms with E-state index in [0.717, 1.165) is 44.5 Å². The van der Waals surface area contributed by atoms with Gasteiger partial charge in [0.1, 0.15) is 6.07 Å². The summed E-state index contributed by atoms with van der Waals surface area (Å²) in [6.45, 7) is 1.46.